The Morgan fingerprint density at radius 3 is 2.68 bits per heavy atom. The largest absolute Gasteiger partial charge is 0.466 e. The normalized spacial score (nSPS) is 11.1. The van der Waals surface area contributed by atoms with Gasteiger partial charge in [0.15, 0.2) is 0 Å². The van der Waals surface area contributed by atoms with Crippen molar-refractivity contribution in [2.75, 3.05) is 22.8 Å². The van der Waals surface area contributed by atoms with E-state index in [-0.39, 0.29) is 18.8 Å². The molecule has 0 aliphatic carbocycles. The highest BCUT2D eigenvalue weighted by molar-refractivity contribution is 7.92. The number of carbonyl (C=O) groups excluding carboxylic acids is 1. The molecule has 0 fully saturated rings. The van der Waals surface area contributed by atoms with Crippen molar-refractivity contribution in [2.24, 2.45) is 0 Å². The zero-order valence-electron chi connectivity index (χ0n) is 11.0. The minimum absolute atomic E-state index is 0.169. The molecule has 0 saturated heterocycles. The van der Waals surface area contributed by atoms with Crippen molar-refractivity contribution in [1.29, 1.82) is 0 Å². The fourth-order valence-corrected chi connectivity index (χ4v) is 2.57. The summed E-state index contributed by atoms with van der Waals surface area (Å²) in [6.07, 6.45) is -0.169. The van der Waals surface area contributed by atoms with E-state index >= 15 is 0 Å². The monoisotopic (exact) mass is 286 g/mol. The number of nitrogen functional groups attached to an aromatic ring is 1. The number of hydrogen-bond acceptors (Lipinski definition) is 5. The SMILES string of the molecule is CCOC(=O)CCS(=O)(=O)Nc1ccc(N)cc1C. The van der Waals surface area contributed by atoms with Gasteiger partial charge in [0.1, 0.15) is 0 Å². The van der Waals surface area contributed by atoms with Crippen LogP contribution in [0.1, 0.15) is 18.9 Å². The molecule has 0 atom stereocenters. The van der Waals surface area contributed by atoms with Gasteiger partial charge in [0.25, 0.3) is 0 Å². The standard InChI is InChI=1S/C12H18N2O4S/c1-3-18-12(15)6-7-19(16,17)14-11-5-4-10(13)8-9(11)2/h4-5,8,14H,3,6-7,13H2,1-2H3. The van der Waals surface area contributed by atoms with Crippen LogP contribution in [0.4, 0.5) is 11.4 Å². The van der Waals surface area contributed by atoms with Crippen LogP contribution in [-0.2, 0) is 19.6 Å². The van der Waals surface area contributed by atoms with Gasteiger partial charge in [0.05, 0.1) is 24.5 Å². The highest BCUT2D eigenvalue weighted by Gasteiger charge is 2.15. The van der Waals surface area contributed by atoms with Gasteiger partial charge in [-0.2, -0.15) is 0 Å². The fraction of sp³-hybridized carbons (Fsp3) is 0.417. The Bertz CT molecular complexity index is 555. The molecule has 106 valence electrons. The summed E-state index contributed by atoms with van der Waals surface area (Å²) < 4.78 is 30.7. The number of anilines is 2. The molecule has 0 heterocycles. The second-order valence-electron chi connectivity index (χ2n) is 4.05. The first-order valence-corrected chi connectivity index (χ1v) is 7.51. The predicted octanol–water partition coefficient (Wildman–Crippen LogP) is 1.27. The van der Waals surface area contributed by atoms with Crippen molar-refractivity contribution in [3.63, 3.8) is 0 Å². The first kappa shape index (κ1) is 15.3. The van der Waals surface area contributed by atoms with Gasteiger partial charge in [-0.3, -0.25) is 9.52 Å². The Morgan fingerprint density at radius 1 is 1.42 bits per heavy atom. The third-order valence-electron chi connectivity index (χ3n) is 2.40. The molecule has 1 rings (SSSR count). The third kappa shape index (κ3) is 5.17. The summed E-state index contributed by atoms with van der Waals surface area (Å²) in [5, 5.41) is 0. The zero-order chi connectivity index (χ0) is 14.5. The molecule has 19 heavy (non-hydrogen) atoms. The van der Waals surface area contributed by atoms with Crippen molar-refractivity contribution in [1.82, 2.24) is 0 Å². The average Bonchev–Trinajstić information content (AvgIpc) is 2.31. The van der Waals surface area contributed by atoms with Crippen molar-refractivity contribution in [2.45, 2.75) is 20.3 Å². The minimum atomic E-state index is -3.58. The van der Waals surface area contributed by atoms with E-state index < -0.39 is 16.0 Å². The third-order valence-corrected chi connectivity index (χ3v) is 3.67. The van der Waals surface area contributed by atoms with Gasteiger partial charge in [-0.1, -0.05) is 0 Å². The molecule has 0 unspecified atom stereocenters. The van der Waals surface area contributed by atoms with Crippen LogP contribution < -0.4 is 10.5 Å². The Balaban J connectivity index is 2.66. The van der Waals surface area contributed by atoms with Gasteiger partial charge >= 0.3 is 5.97 Å². The molecule has 6 nitrogen and oxygen atoms in total. The van der Waals surface area contributed by atoms with Gasteiger partial charge in [-0.15, -0.1) is 0 Å². The van der Waals surface area contributed by atoms with E-state index in [9.17, 15) is 13.2 Å². The summed E-state index contributed by atoms with van der Waals surface area (Å²) in [5.74, 6) is -0.836. The van der Waals surface area contributed by atoms with E-state index in [0.717, 1.165) is 5.56 Å². The number of ether oxygens (including phenoxy) is 1. The molecule has 0 radical (unpaired) electrons. The number of carbonyl (C=O) groups is 1. The molecular formula is C12H18N2O4S. The van der Waals surface area contributed by atoms with E-state index in [2.05, 4.69) is 9.46 Å². The van der Waals surface area contributed by atoms with Gasteiger partial charge in [-0.05, 0) is 37.6 Å². The van der Waals surface area contributed by atoms with E-state index in [1.807, 2.05) is 0 Å². The summed E-state index contributed by atoms with van der Waals surface area (Å²) >= 11 is 0. The van der Waals surface area contributed by atoms with Crippen LogP contribution in [0, 0.1) is 6.92 Å². The van der Waals surface area contributed by atoms with Crippen molar-refractivity contribution < 1.29 is 17.9 Å². The molecule has 0 aliphatic heterocycles. The molecule has 0 spiro atoms. The van der Waals surface area contributed by atoms with Gasteiger partial charge in [0, 0.05) is 5.69 Å². The number of sulfonamides is 1. The van der Waals surface area contributed by atoms with Gasteiger partial charge in [0.2, 0.25) is 10.0 Å². The lowest BCUT2D eigenvalue weighted by Crippen LogP contribution is -2.20. The maximum atomic E-state index is 11.8. The van der Waals surface area contributed by atoms with Crippen LogP contribution in [-0.4, -0.2) is 26.7 Å². The highest BCUT2D eigenvalue weighted by Crippen LogP contribution is 2.19. The molecule has 0 bridgehead atoms. The molecule has 3 N–H and O–H groups in total. The number of rotatable bonds is 6. The molecule has 0 saturated carbocycles. The lowest BCUT2D eigenvalue weighted by atomic mass is 10.2. The fourth-order valence-electron chi connectivity index (χ4n) is 1.47. The maximum absolute atomic E-state index is 11.8. The van der Waals surface area contributed by atoms with E-state index in [1.54, 1.807) is 32.0 Å². The molecule has 0 aliphatic rings. The van der Waals surface area contributed by atoms with Crippen LogP contribution in [0.5, 0.6) is 0 Å². The second kappa shape index (κ2) is 6.42. The lowest BCUT2D eigenvalue weighted by Gasteiger charge is -2.10. The van der Waals surface area contributed by atoms with E-state index in [1.165, 1.54) is 0 Å². The predicted molar refractivity (Wildman–Crippen MR) is 74.3 cm³/mol. The molecule has 7 heteroatoms. The van der Waals surface area contributed by atoms with Gasteiger partial charge < -0.3 is 10.5 Å². The number of hydrogen-bond donors (Lipinski definition) is 2. The van der Waals surface area contributed by atoms with Crippen molar-refractivity contribution in [3.05, 3.63) is 23.8 Å². The van der Waals surface area contributed by atoms with Crippen LogP contribution in [0.15, 0.2) is 18.2 Å². The summed E-state index contributed by atoms with van der Waals surface area (Å²) in [5.41, 5.74) is 7.33. The first-order chi connectivity index (χ1) is 8.84. The number of aryl methyl sites for hydroxylation is 1. The number of esters is 1. The van der Waals surface area contributed by atoms with Crippen LogP contribution in [0.3, 0.4) is 0 Å². The lowest BCUT2D eigenvalue weighted by molar-refractivity contribution is -0.142. The van der Waals surface area contributed by atoms with E-state index in [4.69, 9.17) is 5.73 Å². The van der Waals surface area contributed by atoms with Crippen LogP contribution >= 0.6 is 0 Å². The number of benzene rings is 1. The van der Waals surface area contributed by atoms with Crippen molar-refractivity contribution in [3.8, 4) is 0 Å². The maximum Gasteiger partial charge on any atom is 0.306 e. The Morgan fingerprint density at radius 2 is 2.11 bits per heavy atom. The first-order valence-electron chi connectivity index (χ1n) is 5.86. The van der Waals surface area contributed by atoms with Crippen LogP contribution in [0.25, 0.3) is 0 Å². The Kier molecular flexibility index (Phi) is 5.17. The smallest absolute Gasteiger partial charge is 0.306 e. The topological polar surface area (TPSA) is 98.5 Å². The Labute approximate surface area is 113 Å². The number of nitrogens with two attached hydrogens (primary N) is 1. The average molecular weight is 286 g/mol. The molecular weight excluding hydrogens is 268 g/mol. The van der Waals surface area contributed by atoms with Gasteiger partial charge in [-0.25, -0.2) is 8.42 Å². The second-order valence-corrected chi connectivity index (χ2v) is 5.89. The van der Waals surface area contributed by atoms with Crippen LogP contribution in [0.2, 0.25) is 0 Å². The molecule has 0 amide bonds. The summed E-state index contributed by atoms with van der Waals surface area (Å²) in [6, 6.07) is 4.87. The van der Waals surface area contributed by atoms with E-state index in [0.29, 0.717) is 11.4 Å². The molecule has 1 aromatic rings. The number of nitrogens with one attached hydrogen (secondary N) is 1. The summed E-state index contributed by atoms with van der Waals surface area (Å²) in [7, 11) is -3.58. The summed E-state index contributed by atoms with van der Waals surface area (Å²) in [4.78, 5) is 11.1. The quantitative estimate of drug-likeness (QED) is 0.606. The summed E-state index contributed by atoms with van der Waals surface area (Å²) in [6.45, 7) is 3.66. The minimum Gasteiger partial charge on any atom is -0.466 e. The molecule has 1 aromatic carbocycles. The Hall–Kier alpha value is -1.76. The highest BCUT2D eigenvalue weighted by atomic mass is 32.2. The zero-order valence-corrected chi connectivity index (χ0v) is 11.8. The van der Waals surface area contributed by atoms with Crippen molar-refractivity contribution >= 4 is 27.4 Å². The molecule has 0 aromatic heterocycles.